The molecule has 1 aliphatic carbocycles. The number of amides is 1. The van der Waals surface area contributed by atoms with E-state index >= 15 is 0 Å². The Morgan fingerprint density at radius 3 is 2.63 bits per heavy atom. The normalized spacial score (nSPS) is 19.9. The van der Waals surface area contributed by atoms with Crippen molar-refractivity contribution in [2.75, 3.05) is 39.4 Å². The lowest BCUT2D eigenvalue weighted by molar-refractivity contribution is -0.141. The maximum Gasteiger partial charge on any atom is 0.436 e. The zero-order valence-electron chi connectivity index (χ0n) is 15.2. The van der Waals surface area contributed by atoms with Crippen molar-refractivity contribution in [3.05, 3.63) is 16.4 Å². The molecule has 2 aliphatic rings. The minimum absolute atomic E-state index is 0.0577. The average molecular weight is 409 g/mol. The molecule has 1 aromatic heterocycles. The second kappa shape index (κ2) is 8.36. The highest BCUT2D eigenvalue weighted by Crippen LogP contribution is 2.47. The van der Waals surface area contributed by atoms with E-state index in [0.717, 1.165) is 56.8 Å². The number of carbonyl (C=O) groups is 1. The van der Waals surface area contributed by atoms with Crippen LogP contribution in [0.3, 0.4) is 0 Å². The third-order valence-corrected chi connectivity index (χ3v) is 5.29. The Morgan fingerprint density at radius 1 is 1.37 bits per heavy atom. The molecule has 10 heteroatoms. The fraction of sp³-hybridized carbons (Fsp3) is 0.765. The highest BCUT2D eigenvalue weighted by Gasteiger charge is 2.43. The van der Waals surface area contributed by atoms with Crippen LogP contribution in [0.1, 0.15) is 49.5 Å². The van der Waals surface area contributed by atoms with Crippen molar-refractivity contribution in [2.45, 2.75) is 44.3 Å². The van der Waals surface area contributed by atoms with Crippen LogP contribution in [0.5, 0.6) is 0 Å². The first-order valence-corrected chi connectivity index (χ1v) is 9.59. The molecule has 0 radical (unpaired) electrons. The lowest BCUT2D eigenvalue weighted by atomic mass is 10.2. The van der Waals surface area contributed by atoms with Gasteiger partial charge in [-0.25, -0.2) is 0 Å². The van der Waals surface area contributed by atoms with Gasteiger partial charge in [-0.15, -0.1) is 0 Å². The number of hydrogen-bond acceptors (Lipinski definition) is 4. The van der Waals surface area contributed by atoms with Crippen molar-refractivity contribution in [1.29, 1.82) is 0 Å². The third-order valence-electron chi connectivity index (χ3n) is 4.92. The molecule has 27 heavy (non-hydrogen) atoms. The molecule has 1 atom stereocenters. The summed E-state index contributed by atoms with van der Waals surface area (Å²) in [5.41, 5.74) is -0.794. The molecule has 1 N–H and O–H groups in total. The predicted molar refractivity (Wildman–Crippen MR) is 93.8 cm³/mol. The number of alkyl halides is 3. The smallest absolute Gasteiger partial charge is 0.379 e. The first-order chi connectivity index (χ1) is 12.8. The van der Waals surface area contributed by atoms with Crippen molar-refractivity contribution in [3.63, 3.8) is 0 Å². The van der Waals surface area contributed by atoms with Crippen LogP contribution in [0.25, 0.3) is 0 Å². The van der Waals surface area contributed by atoms with Gasteiger partial charge >= 0.3 is 6.18 Å². The fourth-order valence-corrected chi connectivity index (χ4v) is 3.61. The second-order valence-electron chi connectivity index (χ2n) is 7.04. The quantitative estimate of drug-likeness (QED) is 0.705. The Bertz CT molecular complexity index is 670. The van der Waals surface area contributed by atoms with Crippen molar-refractivity contribution >= 4 is 17.5 Å². The summed E-state index contributed by atoms with van der Waals surface area (Å²) in [5.74, 6) is -0.413. The monoisotopic (exact) mass is 408 g/mol. The zero-order chi connectivity index (χ0) is 19.6. The fourth-order valence-electron chi connectivity index (χ4n) is 3.22. The highest BCUT2D eigenvalue weighted by molar-refractivity contribution is 6.32. The average Bonchev–Trinajstić information content (AvgIpc) is 3.40. The number of carbonyl (C=O) groups excluding carboxylic acids is 1. The van der Waals surface area contributed by atoms with Gasteiger partial charge in [0.25, 0.3) is 0 Å². The van der Waals surface area contributed by atoms with Crippen molar-refractivity contribution in [3.8, 4) is 0 Å². The number of nitrogens with zero attached hydrogens (tertiary/aromatic N) is 3. The number of halogens is 4. The molecule has 6 nitrogen and oxygen atoms in total. The Kier molecular flexibility index (Phi) is 6.32. The first kappa shape index (κ1) is 20.4. The summed E-state index contributed by atoms with van der Waals surface area (Å²) in [7, 11) is 0. The lowest BCUT2D eigenvalue weighted by Gasteiger charge is -2.26. The minimum Gasteiger partial charge on any atom is -0.379 e. The van der Waals surface area contributed by atoms with Crippen molar-refractivity contribution in [2.24, 2.45) is 0 Å². The zero-order valence-corrected chi connectivity index (χ0v) is 15.9. The summed E-state index contributed by atoms with van der Waals surface area (Å²) in [6.07, 6.45) is -2.35. The van der Waals surface area contributed by atoms with Crippen LogP contribution in [0, 0.1) is 0 Å². The maximum absolute atomic E-state index is 13.1. The van der Waals surface area contributed by atoms with Gasteiger partial charge < -0.3 is 10.1 Å². The van der Waals surface area contributed by atoms with Gasteiger partial charge in [-0.2, -0.15) is 18.3 Å². The van der Waals surface area contributed by atoms with E-state index in [2.05, 4.69) is 15.3 Å². The number of ether oxygens (including phenoxy) is 1. The van der Waals surface area contributed by atoms with Gasteiger partial charge in [0, 0.05) is 25.6 Å². The second-order valence-corrected chi connectivity index (χ2v) is 7.42. The van der Waals surface area contributed by atoms with Gasteiger partial charge in [-0.1, -0.05) is 11.6 Å². The highest BCUT2D eigenvalue weighted by atomic mass is 35.5. The molecular weight excluding hydrogens is 385 g/mol. The van der Waals surface area contributed by atoms with Gasteiger partial charge in [0.2, 0.25) is 5.91 Å². The Hall–Kier alpha value is -1.32. The Labute approximate surface area is 161 Å². The van der Waals surface area contributed by atoms with Crippen molar-refractivity contribution < 1.29 is 22.7 Å². The molecule has 1 amide bonds. The summed E-state index contributed by atoms with van der Waals surface area (Å²) in [6.45, 7) is 6.04. The molecule has 0 bridgehead atoms. The molecular formula is C17H24ClF3N4O2. The van der Waals surface area contributed by atoms with Crippen LogP contribution < -0.4 is 5.32 Å². The SMILES string of the molecule is C[C@@H](C(=O)NCCCN1CCOCC1)n1nc(C(F)(F)F)c(Cl)c1C1CC1. The molecule has 0 aromatic carbocycles. The van der Waals surface area contributed by atoms with Crippen LogP contribution in [0.15, 0.2) is 0 Å². The van der Waals surface area contributed by atoms with Gasteiger partial charge in [-0.3, -0.25) is 14.4 Å². The summed E-state index contributed by atoms with van der Waals surface area (Å²) >= 11 is 5.96. The van der Waals surface area contributed by atoms with Gasteiger partial charge in [0.15, 0.2) is 5.69 Å². The van der Waals surface area contributed by atoms with E-state index in [4.69, 9.17) is 16.3 Å². The van der Waals surface area contributed by atoms with Crippen LogP contribution in [-0.2, 0) is 15.7 Å². The molecule has 1 aromatic rings. The summed E-state index contributed by atoms with van der Waals surface area (Å²) < 4.78 is 45.9. The Balaban J connectivity index is 1.59. The van der Waals surface area contributed by atoms with E-state index in [-0.39, 0.29) is 16.8 Å². The van der Waals surface area contributed by atoms with E-state index in [0.29, 0.717) is 12.2 Å². The number of aromatic nitrogens is 2. The van der Waals surface area contributed by atoms with Crippen LogP contribution >= 0.6 is 11.6 Å². The molecule has 1 aliphatic heterocycles. The number of nitrogens with one attached hydrogen (secondary N) is 1. The van der Waals surface area contributed by atoms with Crippen molar-refractivity contribution in [1.82, 2.24) is 20.0 Å². The van der Waals surface area contributed by atoms with Gasteiger partial charge in [0.1, 0.15) is 6.04 Å². The van der Waals surface area contributed by atoms with E-state index in [9.17, 15) is 18.0 Å². The van der Waals surface area contributed by atoms with Gasteiger partial charge in [-0.05, 0) is 32.7 Å². The maximum atomic E-state index is 13.1. The predicted octanol–water partition coefficient (Wildman–Crippen LogP) is 2.83. The number of rotatable bonds is 7. The standard InChI is InChI=1S/C17H24ClF3N4O2/c1-11(16(26)22-5-2-6-24-7-9-27-10-8-24)25-14(12-3-4-12)13(18)15(23-25)17(19,20)21/h11-12H,2-10H2,1H3,(H,22,26)/t11-/m0/s1. The first-order valence-electron chi connectivity index (χ1n) is 9.22. The summed E-state index contributed by atoms with van der Waals surface area (Å²) in [6, 6.07) is -0.849. The topological polar surface area (TPSA) is 59.4 Å². The molecule has 1 saturated carbocycles. The molecule has 0 unspecified atom stereocenters. The summed E-state index contributed by atoms with van der Waals surface area (Å²) in [4.78, 5) is 14.7. The van der Waals surface area contributed by atoms with Gasteiger partial charge in [0.05, 0.1) is 23.9 Å². The molecule has 2 heterocycles. The third kappa shape index (κ3) is 4.94. The molecule has 3 rings (SSSR count). The van der Waals surface area contributed by atoms with Crippen LogP contribution in [0.4, 0.5) is 13.2 Å². The lowest BCUT2D eigenvalue weighted by Crippen LogP contribution is -2.39. The minimum atomic E-state index is -4.64. The van der Waals surface area contributed by atoms with E-state index in [1.54, 1.807) is 6.92 Å². The molecule has 0 spiro atoms. The number of hydrogen-bond donors (Lipinski definition) is 1. The van der Waals surface area contributed by atoms with E-state index < -0.39 is 17.9 Å². The molecule has 2 fully saturated rings. The Morgan fingerprint density at radius 2 is 2.04 bits per heavy atom. The molecule has 1 saturated heterocycles. The van der Waals surface area contributed by atoms with E-state index in [1.807, 2.05) is 0 Å². The number of morpholine rings is 1. The van der Waals surface area contributed by atoms with Crippen LogP contribution in [-0.4, -0.2) is 60.0 Å². The largest absolute Gasteiger partial charge is 0.436 e. The van der Waals surface area contributed by atoms with Crippen LogP contribution in [0.2, 0.25) is 5.02 Å². The summed E-state index contributed by atoms with van der Waals surface area (Å²) in [5, 5.41) is 6.06. The van der Waals surface area contributed by atoms with E-state index in [1.165, 1.54) is 0 Å². The molecule has 152 valence electrons.